The molecule has 2 aromatic rings. The van der Waals surface area contributed by atoms with Crippen molar-refractivity contribution in [2.75, 3.05) is 32.8 Å². The van der Waals surface area contributed by atoms with Gasteiger partial charge in [-0.15, -0.1) is 11.3 Å². The summed E-state index contributed by atoms with van der Waals surface area (Å²) in [6, 6.07) is 7.94. The molecule has 0 aromatic carbocycles. The smallest absolute Gasteiger partial charge is 0.242 e. The quantitative estimate of drug-likeness (QED) is 0.427. The number of nitrogens with zero attached hydrogens (tertiary/aromatic N) is 3. The highest BCUT2D eigenvalue weighted by Gasteiger charge is 2.22. The van der Waals surface area contributed by atoms with Gasteiger partial charge in [-0.25, -0.2) is 0 Å². The maximum atomic E-state index is 13.2. The minimum Gasteiger partial charge on any atom is -0.382 e. The van der Waals surface area contributed by atoms with Crippen molar-refractivity contribution in [3.63, 3.8) is 0 Å². The molecule has 166 valence electrons. The fourth-order valence-electron chi connectivity index (χ4n) is 3.23. The highest BCUT2D eigenvalue weighted by molar-refractivity contribution is 7.10. The Morgan fingerprint density at radius 3 is 2.50 bits per heavy atom. The monoisotopic (exact) mass is 433 g/mol. The minimum absolute atomic E-state index is 0.000546. The van der Waals surface area contributed by atoms with Crippen molar-refractivity contribution in [1.82, 2.24) is 14.4 Å². The molecule has 0 aliphatic heterocycles. The largest absolute Gasteiger partial charge is 0.382 e. The summed E-state index contributed by atoms with van der Waals surface area (Å²) in [7, 11) is 1.99. The van der Waals surface area contributed by atoms with Crippen LogP contribution < -0.4 is 0 Å². The van der Waals surface area contributed by atoms with E-state index in [1.807, 2.05) is 59.3 Å². The molecule has 2 amide bonds. The number of carbonyl (C=O) groups is 2. The summed E-state index contributed by atoms with van der Waals surface area (Å²) in [5, 5.41) is 1.97. The van der Waals surface area contributed by atoms with Crippen LogP contribution in [0.4, 0.5) is 0 Å². The second kappa shape index (κ2) is 13.2. The third-order valence-corrected chi connectivity index (χ3v) is 5.92. The Balaban J connectivity index is 2.05. The summed E-state index contributed by atoms with van der Waals surface area (Å²) in [5.74, 6) is -0.00260. The van der Waals surface area contributed by atoms with Crippen LogP contribution in [0, 0.1) is 0 Å². The summed E-state index contributed by atoms with van der Waals surface area (Å²) in [4.78, 5) is 30.7. The number of ether oxygens (including phenoxy) is 1. The first-order chi connectivity index (χ1) is 14.5. The Bertz CT molecular complexity index is 758. The van der Waals surface area contributed by atoms with Gasteiger partial charge in [0.05, 0.1) is 19.5 Å². The number of rotatable bonds is 14. The standard InChI is InChI=1S/C23H35N3O3S/c1-4-6-13-25(18-20-10-7-12-24(20)3)23(28)19-26(14-9-15-29-5-2)22(27)17-21-11-8-16-30-21/h7-8,10-12,16H,4-6,9,13-15,17-19H2,1-3H3. The van der Waals surface area contributed by atoms with Crippen LogP contribution >= 0.6 is 11.3 Å². The Hall–Kier alpha value is -2.12. The van der Waals surface area contributed by atoms with Crippen LogP contribution in [0.2, 0.25) is 0 Å². The molecule has 2 rings (SSSR count). The Morgan fingerprint density at radius 2 is 1.87 bits per heavy atom. The van der Waals surface area contributed by atoms with Crippen LogP contribution in [-0.2, 0) is 34.3 Å². The molecular weight excluding hydrogens is 398 g/mol. The molecule has 30 heavy (non-hydrogen) atoms. The lowest BCUT2D eigenvalue weighted by Crippen LogP contribution is -2.44. The van der Waals surface area contributed by atoms with Gasteiger partial charge in [0.1, 0.15) is 0 Å². The van der Waals surface area contributed by atoms with E-state index in [-0.39, 0.29) is 18.4 Å². The molecule has 0 N–H and O–H groups in total. The van der Waals surface area contributed by atoms with Crippen molar-refractivity contribution in [2.24, 2.45) is 7.05 Å². The van der Waals surface area contributed by atoms with Crippen LogP contribution in [0.15, 0.2) is 35.8 Å². The normalized spacial score (nSPS) is 10.9. The SMILES string of the molecule is CCCCN(Cc1cccn1C)C(=O)CN(CCCOCC)C(=O)Cc1cccs1. The third kappa shape index (κ3) is 7.95. The number of aromatic nitrogens is 1. The van der Waals surface area contributed by atoms with Crippen molar-refractivity contribution < 1.29 is 14.3 Å². The van der Waals surface area contributed by atoms with E-state index in [4.69, 9.17) is 4.74 Å². The molecule has 6 nitrogen and oxygen atoms in total. The van der Waals surface area contributed by atoms with Crippen molar-refractivity contribution in [2.45, 2.75) is 46.1 Å². The van der Waals surface area contributed by atoms with Crippen molar-refractivity contribution in [1.29, 1.82) is 0 Å². The van der Waals surface area contributed by atoms with Gasteiger partial charge in [0.15, 0.2) is 0 Å². The molecule has 0 unspecified atom stereocenters. The number of hydrogen-bond acceptors (Lipinski definition) is 4. The second-order valence-corrected chi connectivity index (χ2v) is 8.43. The van der Waals surface area contributed by atoms with E-state index in [1.54, 1.807) is 16.2 Å². The zero-order valence-corrected chi connectivity index (χ0v) is 19.3. The fourth-order valence-corrected chi connectivity index (χ4v) is 3.92. The fraction of sp³-hybridized carbons (Fsp3) is 0.565. The Morgan fingerprint density at radius 1 is 1.07 bits per heavy atom. The van der Waals surface area contributed by atoms with Gasteiger partial charge in [-0.3, -0.25) is 9.59 Å². The van der Waals surface area contributed by atoms with Crippen LogP contribution in [0.5, 0.6) is 0 Å². The van der Waals surface area contributed by atoms with Gasteiger partial charge < -0.3 is 19.1 Å². The molecule has 2 aromatic heterocycles. The lowest BCUT2D eigenvalue weighted by Gasteiger charge is -2.28. The highest BCUT2D eigenvalue weighted by atomic mass is 32.1. The van der Waals surface area contributed by atoms with Crippen molar-refractivity contribution in [3.05, 3.63) is 46.4 Å². The maximum absolute atomic E-state index is 13.2. The molecule has 0 spiro atoms. The number of carbonyl (C=O) groups excluding carboxylic acids is 2. The molecule has 0 aliphatic carbocycles. The summed E-state index contributed by atoms with van der Waals surface area (Å²) in [6.45, 7) is 7.24. The van der Waals surface area contributed by atoms with E-state index in [0.717, 1.165) is 29.8 Å². The van der Waals surface area contributed by atoms with Crippen LogP contribution in [0.3, 0.4) is 0 Å². The predicted octanol–water partition coefficient (Wildman–Crippen LogP) is 3.71. The molecule has 0 aliphatic rings. The summed E-state index contributed by atoms with van der Waals surface area (Å²) >= 11 is 1.57. The van der Waals surface area contributed by atoms with E-state index in [1.165, 1.54) is 0 Å². The molecule has 0 bridgehead atoms. The average Bonchev–Trinajstić information content (AvgIpc) is 3.39. The van der Waals surface area contributed by atoms with Gasteiger partial charge >= 0.3 is 0 Å². The van der Waals surface area contributed by atoms with E-state index >= 15 is 0 Å². The van der Waals surface area contributed by atoms with Gasteiger partial charge in [-0.05, 0) is 43.3 Å². The number of thiophene rings is 1. The molecule has 0 saturated carbocycles. The number of amides is 2. The van der Waals surface area contributed by atoms with Crippen LogP contribution in [-0.4, -0.2) is 59.0 Å². The summed E-state index contributed by atoms with van der Waals surface area (Å²) in [5.41, 5.74) is 1.09. The zero-order chi connectivity index (χ0) is 21.8. The van der Waals surface area contributed by atoms with E-state index in [0.29, 0.717) is 39.3 Å². The lowest BCUT2D eigenvalue weighted by atomic mass is 10.2. The van der Waals surface area contributed by atoms with Gasteiger partial charge in [-0.2, -0.15) is 0 Å². The number of hydrogen-bond donors (Lipinski definition) is 0. The molecule has 0 saturated heterocycles. The summed E-state index contributed by atoms with van der Waals surface area (Å²) in [6.07, 6.45) is 5.02. The molecule has 7 heteroatoms. The zero-order valence-electron chi connectivity index (χ0n) is 18.5. The molecule has 0 atom stereocenters. The topological polar surface area (TPSA) is 54.8 Å². The van der Waals surface area contributed by atoms with Crippen molar-refractivity contribution >= 4 is 23.2 Å². The van der Waals surface area contributed by atoms with Gasteiger partial charge in [0.25, 0.3) is 0 Å². The Kier molecular flexibility index (Phi) is 10.7. The highest BCUT2D eigenvalue weighted by Crippen LogP contribution is 2.12. The van der Waals surface area contributed by atoms with E-state index in [9.17, 15) is 9.59 Å². The molecule has 0 fully saturated rings. The maximum Gasteiger partial charge on any atom is 0.242 e. The van der Waals surface area contributed by atoms with Crippen LogP contribution in [0.1, 0.15) is 43.7 Å². The van der Waals surface area contributed by atoms with Crippen LogP contribution in [0.25, 0.3) is 0 Å². The Labute approximate surface area is 184 Å². The van der Waals surface area contributed by atoms with Gasteiger partial charge in [-0.1, -0.05) is 19.4 Å². The predicted molar refractivity (Wildman–Crippen MR) is 121 cm³/mol. The van der Waals surface area contributed by atoms with E-state index in [2.05, 4.69) is 6.92 Å². The first-order valence-electron chi connectivity index (χ1n) is 10.8. The number of aryl methyl sites for hydroxylation is 1. The first-order valence-corrected chi connectivity index (χ1v) is 11.7. The number of unbranched alkanes of at least 4 members (excludes halogenated alkanes) is 1. The third-order valence-electron chi connectivity index (χ3n) is 5.04. The van der Waals surface area contributed by atoms with Gasteiger partial charge in [0.2, 0.25) is 11.8 Å². The summed E-state index contributed by atoms with van der Waals surface area (Å²) < 4.78 is 7.46. The molecule has 2 heterocycles. The minimum atomic E-state index is -0.00314. The molecular formula is C23H35N3O3S. The van der Waals surface area contributed by atoms with Crippen molar-refractivity contribution in [3.8, 4) is 0 Å². The van der Waals surface area contributed by atoms with Gasteiger partial charge in [0, 0.05) is 50.1 Å². The molecule has 0 radical (unpaired) electrons. The first kappa shape index (κ1) is 24.2. The van der Waals surface area contributed by atoms with E-state index < -0.39 is 0 Å². The average molecular weight is 434 g/mol. The lowest BCUT2D eigenvalue weighted by molar-refractivity contribution is -0.140. The second-order valence-electron chi connectivity index (χ2n) is 7.40.